The van der Waals surface area contributed by atoms with Crippen LogP contribution in [0, 0.1) is 0 Å². The fourth-order valence-corrected chi connectivity index (χ4v) is 2.24. The minimum atomic E-state index is -0.350. The van der Waals surface area contributed by atoms with Crippen LogP contribution in [0.5, 0.6) is 11.5 Å². The highest BCUT2D eigenvalue weighted by molar-refractivity contribution is 6.03. The molecule has 0 bridgehead atoms. The number of nitrogens with zero attached hydrogens (tertiary/aromatic N) is 3. The van der Waals surface area contributed by atoms with Gasteiger partial charge in [-0.05, 0) is 26.0 Å². The zero-order valence-corrected chi connectivity index (χ0v) is 14.4. The first-order chi connectivity index (χ1) is 11.6. The Labute approximate surface area is 141 Å². The lowest BCUT2D eigenvalue weighted by Gasteiger charge is -2.19. The van der Waals surface area contributed by atoms with Crippen LogP contribution in [-0.2, 0) is 0 Å². The van der Waals surface area contributed by atoms with Crippen molar-refractivity contribution in [3.8, 4) is 11.5 Å². The lowest BCUT2D eigenvalue weighted by molar-refractivity contribution is 0.102. The van der Waals surface area contributed by atoms with Crippen molar-refractivity contribution in [3.05, 3.63) is 36.3 Å². The number of carbonyl (C=O) groups is 1. The highest BCUT2D eigenvalue weighted by Gasteiger charge is 2.13. The van der Waals surface area contributed by atoms with Gasteiger partial charge in [-0.15, -0.1) is 0 Å². The molecular weight excluding hydrogens is 308 g/mol. The first kappa shape index (κ1) is 17.5. The van der Waals surface area contributed by atoms with E-state index in [1.165, 1.54) is 13.3 Å². The summed E-state index contributed by atoms with van der Waals surface area (Å²) in [6.07, 6.45) is 3.08. The third-order valence-corrected chi connectivity index (χ3v) is 3.62. The molecular formula is C17H22N4O3. The molecule has 24 heavy (non-hydrogen) atoms. The van der Waals surface area contributed by atoms with Crippen LogP contribution in [0.1, 0.15) is 24.3 Å². The standard InChI is InChI=1S/C17H22N4O3/c1-5-21(6-2)16-11-18-14(10-19-16)17(22)20-13-8-7-12(23-3)9-15(13)24-4/h7-11H,5-6H2,1-4H3,(H,20,22). The average Bonchev–Trinajstić information content (AvgIpc) is 2.63. The van der Waals surface area contributed by atoms with E-state index in [4.69, 9.17) is 9.47 Å². The summed E-state index contributed by atoms with van der Waals surface area (Å²) in [6, 6.07) is 5.16. The van der Waals surface area contributed by atoms with Gasteiger partial charge in [-0.2, -0.15) is 0 Å². The molecule has 0 saturated carbocycles. The average molecular weight is 330 g/mol. The summed E-state index contributed by atoms with van der Waals surface area (Å²) >= 11 is 0. The van der Waals surface area contributed by atoms with Crippen LogP contribution in [-0.4, -0.2) is 43.2 Å². The number of aromatic nitrogens is 2. The van der Waals surface area contributed by atoms with E-state index < -0.39 is 0 Å². The zero-order valence-electron chi connectivity index (χ0n) is 14.4. The van der Waals surface area contributed by atoms with Gasteiger partial charge in [-0.25, -0.2) is 9.97 Å². The Bertz CT molecular complexity index is 685. The molecule has 0 saturated heterocycles. The van der Waals surface area contributed by atoms with Crippen molar-refractivity contribution < 1.29 is 14.3 Å². The van der Waals surface area contributed by atoms with Crippen molar-refractivity contribution in [1.29, 1.82) is 0 Å². The van der Waals surface area contributed by atoms with E-state index in [-0.39, 0.29) is 11.6 Å². The fraction of sp³-hybridized carbons (Fsp3) is 0.353. The molecule has 0 unspecified atom stereocenters. The maximum atomic E-state index is 12.3. The van der Waals surface area contributed by atoms with Crippen LogP contribution in [0.4, 0.5) is 11.5 Å². The molecule has 0 aliphatic carbocycles. The van der Waals surface area contributed by atoms with Crippen molar-refractivity contribution in [3.63, 3.8) is 0 Å². The Hall–Kier alpha value is -2.83. The fourth-order valence-electron chi connectivity index (χ4n) is 2.24. The van der Waals surface area contributed by atoms with Crippen LogP contribution in [0.25, 0.3) is 0 Å². The number of hydrogen-bond acceptors (Lipinski definition) is 6. The maximum absolute atomic E-state index is 12.3. The minimum Gasteiger partial charge on any atom is -0.497 e. The Morgan fingerprint density at radius 1 is 1.12 bits per heavy atom. The first-order valence-electron chi connectivity index (χ1n) is 7.73. The van der Waals surface area contributed by atoms with Gasteiger partial charge in [-0.1, -0.05) is 0 Å². The van der Waals surface area contributed by atoms with Crippen LogP contribution in [0.15, 0.2) is 30.6 Å². The highest BCUT2D eigenvalue weighted by Crippen LogP contribution is 2.29. The van der Waals surface area contributed by atoms with Gasteiger partial charge >= 0.3 is 0 Å². The molecule has 0 spiro atoms. The van der Waals surface area contributed by atoms with Gasteiger partial charge in [0, 0.05) is 19.2 Å². The van der Waals surface area contributed by atoms with Gasteiger partial charge < -0.3 is 19.7 Å². The van der Waals surface area contributed by atoms with Crippen LogP contribution >= 0.6 is 0 Å². The summed E-state index contributed by atoms with van der Waals surface area (Å²) in [7, 11) is 3.10. The molecule has 128 valence electrons. The van der Waals surface area contributed by atoms with Crippen molar-refractivity contribution in [2.45, 2.75) is 13.8 Å². The molecule has 0 radical (unpaired) electrons. The number of anilines is 2. The molecule has 0 aliphatic heterocycles. The maximum Gasteiger partial charge on any atom is 0.275 e. The predicted molar refractivity (Wildman–Crippen MR) is 93.1 cm³/mol. The number of rotatable bonds is 7. The number of carbonyl (C=O) groups excluding carboxylic acids is 1. The summed E-state index contributed by atoms with van der Waals surface area (Å²) in [6.45, 7) is 5.75. The van der Waals surface area contributed by atoms with E-state index in [1.54, 1.807) is 31.5 Å². The summed E-state index contributed by atoms with van der Waals surface area (Å²) in [5.74, 6) is 1.55. The Balaban J connectivity index is 2.15. The number of methoxy groups -OCH3 is 2. The van der Waals surface area contributed by atoms with E-state index >= 15 is 0 Å². The topological polar surface area (TPSA) is 76.6 Å². The van der Waals surface area contributed by atoms with Gasteiger partial charge in [-0.3, -0.25) is 4.79 Å². The Morgan fingerprint density at radius 2 is 1.88 bits per heavy atom. The Morgan fingerprint density at radius 3 is 2.42 bits per heavy atom. The van der Waals surface area contributed by atoms with Gasteiger partial charge in [0.05, 0.1) is 32.3 Å². The molecule has 1 aromatic heterocycles. The third kappa shape index (κ3) is 3.92. The second-order valence-corrected chi connectivity index (χ2v) is 4.95. The lowest BCUT2D eigenvalue weighted by atomic mass is 10.2. The molecule has 0 aliphatic rings. The molecule has 1 heterocycles. The first-order valence-corrected chi connectivity index (χ1v) is 7.73. The van der Waals surface area contributed by atoms with Gasteiger partial charge in [0.25, 0.3) is 5.91 Å². The molecule has 1 amide bonds. The van der Waals surface area contributed by atoms with E-state index in [0.717, 1.165) is 18.9 Å². The molecule has 2 aromatic rings. The van der Waals surface area contributed by atoms with Crippen LogP contribution in [0.3, 0.4) is 0 Å². The smallest absolute Gasteiger partial charge is 0.275 e. The second-order valence-electron chi connectivity index (χ2n) is 4.95. The molecule has 1 N–H and O–H groups in total. The minimum absolute atomic E-state index is 0.240. The summed E-state index contributed by atoms with van der Waals surface area (Å²) < 4.78 is 10.4. The normalized spacial score (nSPS) is 10.2. The van der Waals surface area contributed by atoms with E-state index in [1.807, 2.05) is 13.8 Å². The summed E-state index contributed by atoms with van der Waals surface area (Å²) in [4.78, 5) is 22.9. The second kappa shape index (κ2) is 8.14. The van der Waals surface area contributed by atoms with Gasteiger partial charge in [0.1, 0.15) is 23.0 Å². The van der Waals surface area contributed by atoms with Crippen LogP contribution in [0.2, 0.25) is 0 Å². The number of benzene rings is 1. The van der Waals surface area contributed by atoms with E-state index in [0.29, 0.717) is 17.2 Å². The number of nitrogens with one attached hydrogen (secondary N) is 1. The number of ether oxygens (including phenoxy) is 2. The highest BCUT2D eigenvalue weighted by atomic mass is 16.5. The number of amides is 1. The monoisotopic (exact) mass is 330 g/mol. The largest absolute Gasteiger partial charge is 0.497 e. The van der Waals surface area contributed by atoms with E-state index in [2.05, 4.69) is 20.2 Å². The molecule has 7 heteroatoms. The lowest BCUT2D eigenvalue weighted by Crippen LogP contribution is -2.23. The summed E-state index contributed by atoms with van der Waals surface area (Å²) in [5, 5.41) is 2.77. The van der Waals surface area contributed by atoms with Crippen molar-refractivity contribution >= 4 is 17.4 Å². The van der Waals surface area contributed by atoms with Crippen molar-refractivity contribution in [2.24, 2.45) is 0 Å². The molecule has 1 aromatic carbocycles. The van der Waals surface area contributed by atoms with E-state index in [9.17, 15) is 4.79 Å². The molecule has 7 nitrogen and oxygen atoms in total. The molecule has 0 atom stereocenters. The summed E-state index contributed by atoms with van der Waals surface area (Å²) in [5.41, 5.74) is 0.779. The van der Waals surface area contributed by atoms with Gasteiger partial charge in [0.2, 0.25) is 0 Å². The quantitative estimate of drug-likeness (QED) is 0.841. The predicted octanol–water partition coefficient (Wildman–Crippen LogP) is 2.59. The third-order valence-electron chi connectivity index (χ3n) is 3.62. The van der Waals surface area contributed by atoms with Gasteiger partial charge in [0.15, 0.2) is 0 Å². The molecule has 2 rings (SSSR count). The van der Waals surface area contributed by atoms with Crippen LogP contribution < -0.4 is 19.7 Å². The zero-order chi connectivity index (χ0) is 17.5. The van der Waals surface area contributed by atoms with Crippen molar-refractivity contribution in [1.82, 2.24) is 9.97 Å². The van der Waals surface area contributed by atoms with Crippen molar-refractivity contribution in [2.75, 3.05) is 37.5 Å². The SMILES string of the molecule is CCN(CC)c1cnc(C(=O)Nc2ccc(OC)cc2OC)cn1. The Kier molecular flexibility index (Phi) is 5.95. The number of hydrogen-bond donors (Lipinski definition) is 1. The molecule has 0 fully saturated rings.